The zero-order valence-electron chi connectivity index (χ0n) is 10.2. The van der Waals surface area contributed by atoms with Gasteiger partial charge in [0.25, 0.3) is 5.56 Å². The minimum absolute atomic E-state index is 0.110. The van der Waals surface area contributed by atoms with E-state index in [0.717, 1.165) is 0 Å². The number of aromatic amines is 1. The number of hydrogen-bond acceptors (Lipinski definition) is 4. The predicted molar refractivity (Wildman–Crippen MR) is 78.9 cm³/mol. The van der Waals surface area contributed by atoms with E-state index in [4.69, 9.17) is 4.74 Å². The molecule has 1 aromatic heterocycles. The van der Waals surface area contributed by atoms with Crippen LogP contribution in [0, 0.1) is 3.57 Å². The van der Waals surface area contributed by atoms with Crippen LogP contribution in [0.4, 0.5) is 5.82 Å². The summed E-state index contributed by atoms with van der Waals surface area (Å²) in [7, 11) is 0. The van der Waals surface area contributed by atoms with Gasteiger partial charge in [0.1, 0.15) is 9.39 Å². The molecule has 18 heavy (non-hydrogen) atoms. The Hall–Kier alpha value is -0.630. The standard InChI is InChI=1S/C12H18IN3O2/c13-10-11(15-8-16-12(10)17)14-6-7-18-9-4-2-1-3-5-9/h8-9H,1-7H2,(H2,14,15,16,17). The zero-order chi connectivity index (χ0) is 12.8. The minimum atomic E-state index is -0.110. The van der Waals surface area contributed by atoms with E-state index >= 15 is 0 Å². The Morgan fingerprint density at radius 3 is 3.00 bits per heavy atom. The molecule has 0 aromatic carbocycles. The molecule has 1 aromatic rings. The van der Waals surface area contributed by atoms with Gasteiger partial charge in [-0.15, -0.1) is 0 Å². The van der Waals surface area contributed by atoms with Gasteiger partial charge < -0.3 is 15.0 Å². The molecule has 0 unspecified atom stereocenters. The molecule has 1 aliphatic carbocycles. The van der Waals surface area contributed by atoms with Crippen LogP contribution in [0.3, 0.4) is 0 Å². The summed E-state index contributed by atoms with van der Waals surface area (Å²) in [5.74, 6) is 0.631. The minimum Gasteiger partial charge on any atom is -0.376 e. The molecule has 2 N–H and O–H groups in total. The second-order valence-corrected chi connectivity index (χ2v) is 5.53. The molecule has 6 heteroatoms. The summed E-state index contributed by atoms with van der Waals surface area (Å²) in [4.78, 5) is 18.0. The highest BCUT2D eigenvalue weighted by molar-refractivity contribution is 14.1. The summed E-state index contributed by atoms with van der Waals surface area (Å²) in [6, 6.07) is 0. The second-order valence-electron chi connectivity index (χ2n) is 4.45. The molecule has 0 atom stereocenters. The first-order valence-corrected chi connectivity index (χ1v) is 7.44. The van der Waals surface area contributed by atoms with Crippen LogP contribution in [0.2, 0.25) is 0 Å². The van der Waals surface area contributed by atoms with Crippen molar-refractivity contribution in [2.45, 2.75) is 38.2 Å². The highest BCUT2D eigenvalue weighted by atomic mass is 127. The molecule has 0 saturated heterocycles. The third-order valence-electron chi connectivity index (χ3n) is 3.10. The highest BCUT2D eigenvalue weighted by Crippen LogP contribution is 2.20. The predicted octanol–water partition coefficient (Wildman–Crippen LogP) is 2.14. The average Bonchev–Trinajstić information content (AvgIpc) is 2.40. The van der Waals surface area contributed by atoms with Gasteiger partial charge in [0.05, 0.1) is 19.0 Å². The fourth-order valence-electron chi connectivity index (χ4n) is 2.13. The van der Waals surface area contributed by atoms with Gasteiger partial charge in [-0.3, -0.25) is 4.79 Å². The smallest absolute Gasteiger partial charge is 0.266 e. The SMILES string of the molecule is O=c1[nH]cnc(NCCOC2CCCCC2)c1I. The number of aromatic nitrogens is 2. The van der Waals surface area contributed by atoms with E-state index < -0.39 is 0 Å². The number of H-pyrrole nitrogens is 1. The first-order chi connectivity index (χ1) is 8.77. The Balaban J connectivity index is 1.71. The van der Waals surface area contributed by atoms with Crippen molar-refractivity contribution >= 4 is 28.4 Å². The molecule has 0 bridgehead atoms. The van der Waals surface area contributed by atoms with Gasteiger partial charge in [-0.05, 0) is 35.4 Å². The second kappa shape index (κ2) is 7.08. The molecular formula is C12H18IN3O2. The van der Waals surface area contributed by atoms with Gasteiger partial charge in [-0.25, -0.2) is 4.98 Å². The number of nitrogens with one attached hydrogen (secondary N) is 2. The number of ether oxygens (including phenoxy) is 1. The molecule has 5 nitrogen and oxygen atoms in total. The average molecular weight is 363 g/mol. The van der Waals surface area contributed by atoms with Crippen molar-refractivity contribution in [3.8, 4) is 0 Å². The van der Waals surface area contributed by atoms with Crippen LogP contribution in [-0.2, 0) is 4.74 Å². The molecule has 0 spiro atoms. The van der Waals surface area contributed by atoms with Crippen LogP contribution in [0.25, 0.3) is 0 Å². The topological polar surface area (TPSA) is 67.0 Å². The number of halogens is 1. The van der Waals surface area contributed by atoms with Crippen molar-refractivity contribution in [1.82, 2.24) is 9.97 Å². The lowest BCUT2D eigenvalue weighted by Gasteiger charge is -2.22. The van der Waals surface area contributed by atoms with Crippen molar-refractivity contribution in [3.63, 3.8) is 0 Å². The Morgan fingerprint density at radius 2 is 2.22 bits per heavy atom. The lowest BCUT2D eigenvalue weighted by Crippen LogP contribution is -2.22. The first kappa shape index (κ1) is 13.8. The number of rotatable bonds is 5. The van der Waals surface area contributed by atoms with Crippen LogP contribution in [0.1, 0.15) is 32.1 Å². The Labute approximate surface area is 120 Å². The van der Waals surface area contributed by atoms with E-state index in [-0.39, 0.29) is 5.56 Å². The fraction of sp³-hybridized carbons (Fsp3) is 0.667. The van der Waals surface area contributed by atoms with Gasteiger partial charge in [0, 0.05) is 6.54 Å². The summed E-state index contributed by atoms with van der Waals surface area (Å²) in [5, 5.41) is 3.13. The molecule has 0 amide bonds. The highest BCUT2D eigenvalue weighted by Gasteiger charge is 2.13. The largest absolute Gasteiger partial charge is 0.376 e. The summed E-state index contributed by atoms with van der Waals surface area (Å²) in [5.41, 5.74) is -0.110. The van der Waals surface area contributed by atoms with Gasteiger partial charge in [-0.1, -0.05) is 19.3 Å². The maximum atomic E-state index is 11.3. The number of anilines is 1. The molecule has 1 saturated carbocycles. The molecule has 1 aliphatic rings. The molecule has 2 rings (SSSR count). The molecule has 0 aliphatic heterocycles. The van der Waals surface area contributed by atoms with Gasteiger partial charge in [-0.2, -0.15) is 0 Å². The third kappa shape index (κ3) is 3.94. The number of hydrogen-bond donors (Lipinski definition) is 2. The van der Waals surface area contributed by atoms with E-state index in [2.05, 4.69) is 15.3 Å². The van der Waals surface area contributed by atoms with Crippen LogP contribution in [-0.4, -0.2) is 29.2 Å². The molecule has 0 radical (unpaired) electrons. The van der Waals surface area contributed by atoms with Crippen LogP contribution < -0.4 is 10.9 Å². The summed E-state index contributed by atoms with van der Waals surface area (Å²) in [6.45, 7) is 1.35. The van der Waals surface area contributed by atoms with Crippen molar-refractivity contribution in [1.29, 1.82) is 0 Å². The van der Waals surface area contributed by atoms with Gasteiger partial charge in [0.15, 0.2) is 0 Å². The van der Waals surface area contributed by atoms with Crippen molar-refractivity contribution < 1.29 is 4.74 Å². The van der Waals surface area contributed by atoms with Crippen LogP contribution >= 0.6 is 22.6 Å². The van der Waals surface area contributed by atoms with E-state index in [0.29, 0.717) is 28.6 Å². The van der Waals surface area contributed by atoms with E-state index in [9.17, 15) is 4.79 Å². The summed E-state index contributed by atoms with van der Waals surface area (Å²) < 4.78 is 6.39. The monoisotopic (exact) mass is 363 g/mol. The molecule has 100 valence electrons. The van der Waals surface area contributed by atoms with Gasteiger partial charge >= 0.3 is 0 Å². The number of nitrogens with zero attached hydrogens (tertiary/aromatic N) is 1. The zero-order valence-corrected chi connectivity index (χ0v) is 12.4. The normalized spacial score (nSPS) is 16.7. The molecular weight excluding hydrogens is 345 g/mol. The van der Waals surface area contributed by atoms with Crippen molar-refractivity contribution in [2.24, 2.45) is 0 Å². The fourth-order valence-corrected chi connectivity index (χ4v) is 2.62. The maximum absolute atomic E-state index is 11.3. The Kier molecular flexibility index (Phi) is 5.43. The Morgan fingerprint density at radius 1 is 1.44 bits per heavy atom. The van der Waals surface area contributed by atoms with Crippen LogP contribution in [0.5, 0.6) is 0 Å². The maximum Gasteiger partial charge on any atom is 0.266 e. The molecule has 1 heterocycles. The quantitative estimate of drug-likeness (QED) is 0.622. The Bertz CT molecular complexity index is 430. The summed E-state index contributed by atoms with van der Waals surface area (Å²) in [6.07, 6.45) is 8.10. The van der Waals surface area contributed by atoms with Crippen molar-refractivity contribution in [3.05, 3.63) is 20.3 Å². The first-order valence-electron chi connectivity index (χ1n) is 6.36. The lowest BCUT2D eigenvalue weighted by atomic mass is 9.98. The van der Waals surface area contributed by atoms with Gasteiger partial charge in [0.2, 0.25) is 0 Å². The van der Waals surface area contributed by atoms with E-state index in [1.165, 1.54) is 38.4 Å². The summed E-state index contributed by atoms with van der Waals surface area (Å²) >= 11 is 1.99. The van der Waals surface area contributed by atoms with Crippen molar-refractivity contribution in [2.75, 3.05) is 18.5 Å². The molecule has 1 fully saturated rings. The van der Waals surface area contributed by atoms with E-state index in [1.807, 2.05) is 22.6 Å². The van der Waals surface area contributed by atoms with E-state index in [1.54, 1.807) is 0 Å². The third-order valence-corrected chi connectivity index (χ3v) is 4.10. The lowest BCUT2D eigenvalue weighted by molar-refractivity contribution is 0.0347. The van der Waals surface area contributed by atoms with Crippen LogP contribution in [0.15, 0.2) is 11.1 Å².